The van der Waals surface area contributed by atoms with Crippen molar-refractivity contribution in [3.05, 3.63) is 35.4 Å². The molecule has 0 bridgehead atoms. The first-order chi connectivity index (χ1) is 11.0. The summed E-state index contributed by atoms with van der Waals surface area (Å²) >= 11 is 0. The molecule has 0 fully saturated rings. The number of carbonyl (C=O) groups excluding carboxylic acids is 1. The predicted molar refractivity (Wildman–Crippen MR) is 112 cm³/mol. The SMILES string of the molecule is CCNC(=NCc1ccc(C)cc1)N(C)CC(=O)N(CC)CC.I. The summed E-state index contributed by atoms with van der Waals surface area (Å²) in [6.45, 7) is 11.3. The quantitative estimate of drug-likeness (QED) is 0.398. The first kappa shape index (κ1) is 22.7. The molecule has 1 aromatic carbocycles. The van der Waals surface area contributed by atoms with Crippen LogP contribution in [0, 0.1) is 6.92 Å². The molecular weight excluding hydrogens is 415 g/mol. The highest BCUT2D eigenvalue weighted by molar-refractivity contribution is 14.0. The van der Waals surface area contributed by atoms with Crippen molar-refractivity contribution in [2.75, 3.05) is 33.2 Å². The van der Waals surface area contributed by atoms with Crippen LogP contribution in [0.15, 0.2) is 29.3 Å². The molecule has 0 aliphatic carbocycles. The van der Waals surface area contributed by atoms with Crippen molar-refractivity contribution in [2.45, 2.75) is 34.2 Å². The molecule has 0 aromatic heterocycles. The number of aliphatic imine (C=N–C) groups is 1. The first-order valence-corrected chi connectivity index (χ1v) is 8.34. The average molecular weight is 446 g/mol. The second kappa shape index (κ2) is 12.1. The van der Waals surface area contributed by atoms with Crippen LogP contribution in [0.5, 0.6) is 0 Å². The third-order valence-electron chi connectivity index (χ3n) is 3.72. The normalized spacial score (nSPS) is 10.8. The number of guanidine groups is 1. The fourth-order valence-corrected chi connectivity index (χ4v) is 2.28. The summed E-state index contributed by atoms with van der Waals surface area (Å²) in [7, 11) is 1.90. The van der Waals surface area contributed by atoms with E-state index in [4.69, 9.17) is 0 Å². The standard InChI is InChI=1S/C18H30N4O.HI/c1-6-19-18(20-13-16-11-9-15(4)10-12-16)21(5)14-17(23)22(7-2)8-3;/h9-12H,6-8,13-14H2,1-5H3,(H,19,20);1H. The van der Waals surface area contributed by atoms with Crippen LogP contribution in [0.25, 0.3) is 0 Å². The van der Waals surface area contributed by atoms with Crippen molar-refractivity contribution >= 4 is 35.8 Å². The maximum Gasteiger partial charge on any atom is 0.242 e. The van der Waals surface area contributed by atoms with E-state index in [1.165, 1.54) is 5.56 Å². The molecule has 1 rings (SSSR count). The fraction of sp³-hybridized carbons (Fsp3) is 0.556. The molecule has 24 heavy (non-hydrogen) atoms. The van der Waals surface area contributed by atoms with E-state index in [1.54, 1.807) is 0 Å². The van der Waals surface area contributed by atoms with E-state index in [0.717, 1.165) is 31.2 Å². The second-order valence-electron chi connectivity index (χ2n) is 5.58. The predicted octanol–water partition coefficient (Wildman–Crippen LogP) is 2.88. The summed E-state index contributed by atoms with van der Waals surface area (Å²) in [6, 6.07) is 8.35. The Morgan fingerprint density at radius 1 is 1.12 bits per heavy atom. The zero-order chi connectivity index (χ0) is 17.2. The van der Waals surface area contributed by atoms with E-state index in [9.17, 15) is 4.79 Å². The Balaban J connectivity index is 0.00000529. The third-order valence-corrected chi connectivity index (χ3v) is 3.72. The van der Waals surface area contributed by atoms with Crippen LogP contribution in [-0.4, -0.2) is 54.9 Å². The van der Waals surface area contributed by atoms with Crippen LogP contribution in [0.2, 0.25) is 0 Å². The van der Waals surface area contributed by atoms with Crippen molar-refractivity contribution in [3.63, 3.8) is 0 Å². The Labute approximate surface area is 163 Å². The number of hydrogen-bond donors (Lipinski definition) is 1. The van der Waals surface area contributed by atoms with Gasteiger partial charge < -0.3 is 15.1 Å². The van der Waals surface area contributed by atoms with Gasteiger partial charge in [-0.15, -0.1) is 24.0 Å². The van der Waals surface area contributed by atoms with Gasteiger partial charge in [0.15, 0.2) is 5.96 Å². The molecule has 0 atom stereocenters. The summed E-state index contributed by atoms with van der Waals surface area (Å²) < 4.78 is 0. The number of likely N-dealkylation sites (N-methyl/N-ethyl adjacent to an activating group) is 2. The lowest BCUT2D eigenvalue weighted by Crippen LogP contribution is -2.45. The molecule has 1 N–H and O–H groups in total. The summed E-state index contributed by atoms with van der Waals surface area (Å²) in [6.07, 6.45) is 0. The van der Waals surface area contributed by atoms with Crippen LogP contribution in [-0.2, 0) is 11.3 Å². The van der Waals surface area contributed by atoms with Gasteiger partial charge in [0, 0.05) is 26.7 Å². The molecule has 0 saturated carbocycles. The Kier molecular flexibility index (Phi) is 11.4. The summed E-state index contributed by atoms with van der Waals surface area (Å²) in [5, 5.41) is 3.25. The highest BCUT2D eigenvalue weighted by Crippen LogP contribution is 2.05. The fourth-order valence-electron chi connectivity index (χ4n) is 2.28. The van der Waals surface area contributed by atoms with E-state index >= 15 is 0 Å². The molecule has 0 unspecified atom stereocenters. The molecule has 136 valence electrons. The van der Waals surface area contributed by atoms with E-state index < -0.39 is 0 Å². The highest BCUT2D eigenvalue weighted by atomic mass is 127. The Bertz CT molecular complexity index is 512. The van der Waals surface area contributed by atoms with Gasteiger partial charge >= 0.3 is 0 Å². The summed E-state index contributed by atoms with van der Waals surface area (Å²) in [5.41, 5.74) is 2.40. The molecule has 0 radical (unpaired) electrons. The molecule has 0 aliphatic rings. The molecular formula is C18H31IN4O. The molecule has 0 aliphatic heterocycles. The second-order valence-corrected chi connectivity index (χ2v) is 5.58. The van der Waals surface area contributed by atoms with Gasteiger partial charge in [-0.1, -0.05) is 29.8 Å². The molecule has 1 amide bonds. The van der Waals surface area contributed by atoms with Crippen molar-refractivity contribution in [1.82, 2.24) is 15.1 Å². The van der Waals surface area contributed by atoms with Gasteiger partial charge in [0.25, 0.3) is 0 Å². The summed E-state index contributed by atoms with van der Waals surface area (Å²) in [5.74, 6) is 0.882. The average Bonchev–Trinajstić information content (AvgIpc) is 2.54. The van der Waals surface area contributed by atoms with Crippen LogP contribution in [0.3, 0.4) is 0 Å². The molecule has 1 aromatic rings. The van der Waals surface area contributed by atoms with Gasteiger partial charge in [0.05, 0.1) is 13.1 Å². The van der Waals surface area contributed by atoms with Gasteiger partial charge in [0.2, 0.25) is 5.91 Å². The maximum absolute atomic E-state index is 12.2. The van der Waals surface area contributed by atoms with E-state index in [-0.39, 0.29) is 29.9 Å². The van der Waals surface area contributed by atoms with Gasteiger partial charge in [-0.2, -0.15) is 0 Å². The van der Waals surface area contributed by atoms with Crippen LogP contribution in [0.1, 0.15) is 31.9 Å². The Morgan fingerprint density at radius 3 is 2.21 bits per heavy atom. The highest BCUT2D eigenvalue weighted by Gasteiger charge is 2.14. The minimum atomic E-state index is 0. The largest absolute Gasteiger partial charge is 0.357 e. The molecule has 6 heteroatoms. The lowest BCUT2D eigenvalue weighted by molar-refractivity contribution is -0.131. The molecule has 5 nitrogen and oxygen atoms in total. The van der Waals surface area contributed by atoms with Gasteiger partial charge in [-0.05, 0) is 33.3 Å². The van der Waals surface area contributed by atoms with Gasteiger partial charge in [-0.25, -0.2) is 4.99 Å². The van der Waals surface area contributed by atoms with Gasteiger partial charge in [-0.3, -0.25) is 4.79 Å². The van der Waals surface area contributed by atoms with Crippen molar-refractivity contribution in [1.29, 1.82) is 0 Å². The van der Waals surface area contributed by atoms with E-state index in [1.807, 2.05) is 37.6 Å². The number of hydrogen-bond acceptors (Lipinski definition) is 2. The van der Waals surface area contributed by atoms with Crippen molar-refractivity contribution in [3.8, 4) is 0 Å². The smallest absolute Gasteiger partial charge is 0.242 e. The van der Waals surface area contributed by atoms with Crippen LogP contribution >= 0.6 is 24.0 Å². The van der Waals surface area contributed by atoms with Crippen molar-refractivity contribution in [2.24, 2.45) is 4.99 Å². The zero-order valence-electron chi connectivity index (χ0n) is 15.5. The van der Waals surface area contributed by atoms with E-state index in [2.05, 4.69) is 41.5 Å². The van der Waals surface area contributed by atoms with E-state index in [0.29, 0.717) is 13.1 Å². The lowest BCUT2D eigenvalue weighted by atomic mass is 10.1. The topological polar surface area (TPSA) is 47.9 Å². The number of carbonyl (C=O) groups is 1. The third kappa shape index (κ3) is 7.51. The number of nitrogens with zero attached hydrogens (tertiary/aromatic N) is 3. The first-order valence-electron chi connectivity index (χ1n) is 8.34. The monoisotopic (exact) mass is 446 g/mol. The number of benzene rings is 1. The van der Waals surface area contributed by atoms with Crippen LogP contribution in [0.4, 0.5) is 0 Å². The lowest BCUT2D eigenvalue weighted by Gasteiger charge is -2.25. The minimum Gasteiger partial charge on any atom is -0.357 e. The molecule has 0 heterocycles. The molecule has 0 saturated heterocycles. The number of nitrogens with one attached hydrogen (secondary N) is 1. The zero-order valence-corrected chi connectivity index (χ0v) is 17.8. The summed E-state index contributed by atoms with van der Waals surface area (Å²) in [4.78, 5) is 20.6. The maximum atomic E-state index is 12.2. The Hall–Kier alpha value is -1.31. The Morgan fingerprint density at radius 2 is 1.71 bits per heavy atom. The van der Waals surface area contributed by atoms with Gasteiger partial charge in [0.1, 0.15) is 0 Å². The minimum absolute atomic E-state index is 0. The number of amides is 1. The van der Waals surface area contributed by atoms with Crippen molar-refractivity contribution < 1.29 is 4.79 Å². The molecule has 0 spiro atoms. The number of rotatable bonds is 7. The number of halogens is 1. The number of aryl methyl sites for hydroxylation is 1. The van der Waals surface area contributed by atoms with Crippen LogP contribution < -0.4 is 5.32 Å².